The van der Waals surface area contributed by atoms with Crippen molar-refractivity contribution in [2.75, 3.05) is 19.8 Å². The highest BCUT2D eigenvalue weighted by molar-refractivity contribution is 6.30. The van der Waals surface area contributed by atoms with Gasteiger partial charge in [-0.05, 0) is 48.6 Å². The zero-order valence-corrected chi connectivity index (χ0v) is 10.4. The Morgan fingerprint density at radius 3 is 2.94 bits per heavy atom. The lowest BCUT2D eigenvalue weighted by Crippen LogP contribution is -2.04. The quantitative estimate of drug-likeness (QED) is 0.795. The lowest BCUT2D eigenvalue weighted by atomic mass is 10.1. The Balaban J connectivity index is 2.08. The van der Waals surface area contributed by atoms with Gasteiger partial charge in [-0.1, -0.05) is 11.6 Å². The van der Waals surface area contributed by atoms with E-state index in [4.69, 9.17) is 22.1 Å². The Morgan fingerprint density at radius 1 is 1.47 bits per heavy atom. The summed E-state index contributed by atoms with van der Waals surface area (Å²) in [6.07, 6.45) is 1.52. The standard InChI is InChI=1S/C13H17ClFNO/c14-10-2-3-13(17-5-1-4-15)12(7-10)11-6-9(11)8-16/h2-3,7,9,11H,1,4-6,8,16H2. The molecule has 1 aliphatic rings. The predicted molar refractivity (Wildman–Crippen MR) is 67.4 cm³/mol. The summed E-state index contributed by atoms with van der Waals surface area (Å²) in [7, 11) is 0. The van der Waals surface area contributed by atoms with Crippen LogP contribution in [-0.2, 0) is 0 Å². The number of benzene rings is 1. The molecular weight excluding hydrogens is 241 g/mol. The first-order valence-corrected chi connectivity index (χ1v) is 6.32. The van der Waals surface area contributed by atoms with Crippen molar-refractivity contribution in [3.05, 3.63) is 28.8 Å². The summed E-state index contributed by atoms with van der Waals surface area (Å²) in [4.78, 5) is 0. The van der Waals surface area contributed by atoms with Crippen molar-refractivity contribution in [2.45, 2.75) is 18.8 Å². The van der Waals surface area contributed by atoms with Gasteiger partial charge in [-0.15, -0.1) is 0 Å². The van der Waals surface area contributed by atoms with Crippen molar-refractivity contribution < 1.29 is 9.13 Å². The van der Waals surface area contributed by atoms with E-state index in [0.29, 0.717) is 36.4 Å². The van der Waals surface area contributed by atoms with E-state index in [2.05, 4.69) is 0 Å². The molecule has 1 aromatic rings. The van der Waals surface area contributed by atoms with Gasteiger partial charge in [0, 0.05) is 11.4 Å². The smallest absolute Gasteiger partial charge is 0.122 e. The van der Waals surface area contributed by atoms with Crippen LogP contribution in [0.1, 0.15) is 24.3 Å². The van der Waals surface area contributed by atoms with Gasteiger partial charge in [0.25, 0.3) is 0 Å². The van der Waals surface area contributed by atoms with Gasteiger partial charge in [-0.25, -0.2) is 0 Å². The molecule has 0 amide bonds. The fourth-order valence-corrected chi connectivity index (χ4v) is 2.25. The molecule has 0 aromatic heterocycles. The second-order valence-electron chi connectivity index (χ2n) is 4.41. The van der Waals surface area contributed by atoms with Crippen LogP contribution in [0.15, 0.2) is 18.2 Å². The molecular formula is C13H17ClFNO. The number of hydrogen-bond donors (Lipinski definition) is 1. The first kappa shape index (κ1) is 12.7. The number of hydrogen-bond acceptors (Lipinski definition) is 2. The lowest BCUT2D eigenvalue weighted by molar-refractivity contribution is 0.287. The molecule has 1 aliphatic carbocycles. The Labute approximate surface area is 106 Å². The Hall–Kier alpha value is -0.800. The molecule has 4 heteroatoms. The molecule has 1 aromatic carbocycles. The summed E-state index contributed by atoms with van der Waals surface area (Å²) in [5.74, 6) is 1.82. The summed E-state index contributed by atoms with van der Waals surface area (Å²) in [5, 5.41) is 0.709. The van der Waals surface area contributed by atoms with Gasteiger partial charge >= 0.3 is 0 Å². The van der Waals surface area contributed by atoms with Crippen LogP contribution in [0.2, 0.25) is 5.02 Å². The van der Waals surface area contributed by atoms with Crippen molar-refractivity contribution in [3.63, 3.8) is 0 Å². The summed E-state index contributed by atoms with van der Waals surface area (Å²) in [6.45, 7) is 0.754. The minimum Gasteiger partial charge on any atom is -0.493 e. The van der Waals surface area contributed by atoms with Crippen molar-refractivity contribution >= 4 is 11.6 Å². The highest BCUT2D eigenvalue weighted by Crippen LogP contribution is 2.50. The second-order valence-corrected chi connectivity index (χ2v) is 4.85. The molecule has 0 spiro atoms. The average molecular weight is 258 g/mol. The fraction of sp³-hybridized carbons (Fsp3) is 0.538. The van der Waals surface area contributed by atoms with E-state index in [9.17, 15) is 4.39 Å². The van der Waals surface area contributed by atoms with Crippen molar-refractivity contribution in [1.29, 1.82) is 0 Å². The van der Waals surface area contributed by atoms with Crippen LogP contribution >= 0.6 is 11.6 Å². The molecule has 2 nitrogen and oxygen atoms in total. The molecule has 17 heavy (non-hydrogen) atoms. The molecule has 94 valence electrons. The molecule has 0 aliphatic heterocycles. The van der Waals surface area contributed by atoms with E-state index in [1.807, 2.05) is 12.1 Å². The van der Waals surface area contributed by atoms with Crippen LogP contribution in [-0.4, -0.2) is 19.8 Å². The van der Waals surface area contributed by atoms with Gasteiger partial charge in [0.05, 0.1) is 13.3 Å². The first-order valence-electron chi connectivity index (χ1n) is 5.94. The third-order valence-corrected chi connectivity index (χ3v) is 3.37. The van der Waals surface area contributed by atoms with Crippen LogP contribution < -0.4 is 10.5 Å². The maximum Gasteiger partial charge on any atom is 0.122 e. The van der Waals surface area contributed by atoms with Crippen molar-refractivity contribution in [1.82, 2.24) is 0 Å². The highest BCUT2D eigenvalue weighted by Gasteiger charge is 2.38. The van der Waals surface area contributed by atoms with E-state index < -0.39 is 0 Å². The lowest BCUT2D eigenvalue weighted by Gasteiger charge is -2.11. The second kappa shape index (κ2) is 5.69. The molecule has 2 N–H and O–H groups in total. The molecule has 1 saturated carbocycles. The van der Waals surface area contributed by atoms with E-state index in [0.717, 1.165) is 17.7 Å². The molecule has 0 heterocycles. The van der Waals surface area contributed by atoms with Crippen LogP contribution in [0.3, 0.4) is 0 Å². The van der Waals surface area contributed by atoms with E-state index in [1.165, 1.54) is 0 Å². The number of alkyl halides is 1. The fourth-order valence-electron chi connectivity index (χ4n) is 2.07. The number of nitrogens with two attached hydrogens (primary N) is 1. The average Bonchev–Trinajstić information content (AvgIpc) is 3.10. The summed E-state index contributed by atoms with van der Waals surface area (Å²) < 4.78 is 17.6. The van der Waals surface area contributed by atoms with Crippen LogP contribution in [0.5, 0.6) is 5.75 Å². The van der Waals surface area contributed by atoms with Crippen molar-refractivity contribution in [2.24, 2.45) is 11.7 Å². The van der Waals surface area contributed by atoms with E-state index >= 15 is 0 Å². The van der Waals surface area contributed by atoms with E-state index in [1.54, 1.807) is 6.07 Å². The molecule has 0 bridgehead atoms. The Morgan fingerprint density at radius 2 is 2.29 bits per heavy atom. The Kier molecular flexibility index (Phi) is 4.24. The number of ether oxygens (including phenoxy) is 1. The third-order valence-electron chi connectivity index (χ3n) is 3.13. The zero-order valence-electron chi connectivity index (χ0n) is 9.66. The van der Waals surface area contributed by atoms with E-state index in [-0.39, 0.29) is 6.67 Å². The normalized spacial score (nSPS) is 22.5. The summed E-state index contributed by atoms with van der Waals surface area (Å²) in [5.41, 5.74) is 6.77. The highest BCUT2D eigenvalue weighted by atomic mass is 35.5. The number of rotatable bonds is 6. The summed E-state index contributed by atoms with van der Waals surface area (Å²) in [6, 6.07) is 5.60. The topological polar surface area (TPSA) is 35.2 Å². The minimum atomic E-state index is -0.349. The molecule has 2 atom stereocenters. The SMILES string of the molecule is NCC1CC1c1cc(Cl)ccc1OCCCF. The maximum atomic E-state index is 12.0. The van der Waals surface area contributed by atoms with Gasteiger partial charge in [-0.2, -0.15) is 0 Å². The zero-order chi connectivity index (χ0) is 12.3. The third kappa shape index (κ3) is 3.11. The van der Waals surface area contributed by atoms with Gasteiger partial charge in [0.15, 0.2) is 0 Å². The molecule has 0 radical (unpaired) electrons. The monoisotopic (exact) mass is 257 g/mol. The molecule has 0 saturated heterocycles. The van der Waals surface area contributed by atoms with Crippen molar-refractivity contribution in [3.8, 4) is 5.75 Å². The Bertz CT molecular complexity index is 386. The predicted octanol–water partition coefficient (Wildman–Crippen LogP) is 3.14. The van der Waals surface area contributed by atoms with Crippen LogP contribution in [0.4, 0.5) is 4.39 Å². The largest absolute Gasteiger partial charge is 0.493 e. The van der Waals surface area contributed by atoms with Crippen LogP contribution in [0.25, 0.3) is 0 Å². The van der Waals surface area contributed by atoms with Gasteiger partial charge in [-0.3, -0.25) is 4.39 Å². The maximum absolute atomic E-state index is 12.0. The van der Waals surface area contributed by atoms with Crippen LogP contribution in [0, 0.1) is 5.92 Å². The minimum absolute atomic E-state index is 0.349. The first-order chi connectivity index (χ1) is 8.26. The summed E-state index contributed by atoms with van der Waals surface area (Å²) >= 11 is 5.99. The van der Waals surface area contributed by atoms with Gasteiger partial charge in [0.2, 0.25) is 0 Å². The number of halogens is 2. The molecule has 2 unspecified atom stereocenters. The molecule has 2 rings (SSSR count). The van der Waals surface area contributed by atoms with Gasteiger partial charge in [0.1, 0.15) is 5.75 Å². The van der Waals surface area contributed by atoms with Gasteiger partial charge < -0.3 is 10.5 Å². The molecule has 1 fully saturated rings.